The maximum absolute atomic E-state index is 13.3. The van der Waals surface area contributed by atoms with Gasteiger partial charge in [0.15, 0.2) is 12.1 Å². The standard InChI is InChI=1S/C24H29BFN5O3/c1-23(2)24(3,4)34-25(33-23)17-9-11-18(12-10-17)28-22-29-21(16-8-13-19(26)27-15-16)30-31(22)20-7-5-6-14-32-20/h8-13,15,20H,5-7,14H2,1-4H3,(H,28,29,30). The predicted molar refractivity (Wildman–Crippen MR) is 127 cm³/mol. The molecule has 0 radical (unpaired) electrons. The molecule has 2 aliphatic heterocycles. The van der Waals surface area contributed by atoms with E-state index in [-0.39, 0.29) is 6.23 Å². The smallest absolute Gasteiger partial charge is 0.399 e. The Balaban J connectivity index is 1.39. The van der Waals surface area contributed by atoms with Crippen LogP contribution >= 0.6 is 0 Å². The average molecular weight is 465 g/mol. The van der Waals surface area contributed by atoms with Gasteiger partial charge in [0.05, 0.1) is 11.2 Å². The second-order valence-electron chi connectivity index (χ2n) is 9.73. The van der Waals surface area contributed by atoms with Crippen LogP contribution in [-0.4, -0.2) is 44.7 Å². The second-order valence-corrected chi connectivity index (χ2v) is 9.73. The quantitative estimate of drug-likeness (QED) is 0.446. The topological polar surface area (TPSA) is 83.3 Å². The minimum Gasteiger partial charge on any atom is -0.399 e. The summed E-state index contributed by atoms with van der Waals surface area (Å²) in [6, 6.07) is 10.8. The molecule has 2 aliphatic rings. The van der Waals surface area contributed by atoms with Crippen molar-refractivity contribution in [2.75, 3.05) is 11.9 Å². The molecular weight excluding hydrogens is 436 g/mol. The lowest BCUT2D eigenvalue weighted by atomic mass is 9.79. The highest BCUT2D eigenvalue weighted by Crippen LogP contribution is 2.36. The molecule has 4 heterocycles. The maximum atomic E-state index is 13.3. The highest BCUT2D eigenvalue weighted by molar-refractivity contribution is 6.62. The highest BCUT2D eigenvalue weighted by atomic mass is 19.1. The maximum Gasteiger partial charge on any atom is 0.494 e. The number of nitrogens with one attached hydrogen (secondary N) is 1. The minimum absolute atomic E-state index is 0.213. The molecular formula is C24H29BFN5O3. The number of nitrogens with zero attached hydrogens (tertiary/aromatic N) is 4. The Morgan fingerprint density at radius 1 is 1.03 bits per heavy atom. The minimum atomic E-state index is -0.542. The largest absolute Gasteiger partial charge is 0.494 e. The van der Waals surface area contributed by atoms with Gasteiger partial charge in [0.25, 0.3) is 0 Å². The molecule has 10 heteroatoms. The number of pyridine rings is 1. The van der Waals surface area contributed by atoms with Gasteiger partial charge in [-0.2, -0.15) is 9.37 Å². The van der Waals surface area contributed by atoms with E-state index >= 15 is 0 Å². The monoisotopic (exact) mass is 465 g/mol. The first-order chi connectivity index (χ1) is 16.2. The Hall–Kier alpha value is -2.82. The number of rotatable bonds is 5. The Bertz CT molecular complexity index is 1130. The lowest BCUT2D eigenvalue weighted by Gasteiger charge is -2.32. The van der Waals surface area contributed by atoms with Crippen LogP contribution in [0.5, 0.6) is 0 Å². The average Bonchev–Trinajstić information content (AvgIpc) is 3.32. The molecule has 3 aromatic rings. The fourth-order valence-electron chi connectivity index (χ4n) is 3.99. The van der Waals surface area contributed by atoms with E-state index in [4.69, 9.17) is 14.0 Å². The highest BCUT2D eigenvalue weighted by Gasteiger charge is 2.51. The molecule has 1 atom stereocenters. The first kappa shape index (κ1) is 23.0. The summed E-state index contributed by atoms with van der Waals surface area (Å²) >= 11 is 0. The zero-order chi connectivity index (χ0) is 23.9. The first-order valence-electron chi connectivity index (χ1n) is 11.6. The predicted octanol–water partition coefficient (Wildman–Crippen LogP) is 4.22. The molecule has 2 aromatic heterocycles. The van der Waals surface area contributed by atoms with E-state index in [0.717, 1.165) is 30.4 Å². The molecule has 0 aliphatic carbocycles. The van der Waals surface area contributed by atoms with Gasteiger partial charge in [0.2, 0.25) is 11.9 Å². The van der Waals surface area contributed by atoms with Crippen molar-refractivity contribution in [3.63, 3.8) is 0 Å². The molecule has 0 saturated carbocycles. The van der Waals surface area contributed by atoms with Crippen molar-refractivity contribution in [2.45, 2.75) is 64.4 Å². The molecule has 178 valence electrons. The molecule has 34 heavy (non-hydrogen) atoms. The van der Waals surface area contributed by atoms with Crippen LogP contribution in [0, 0.1) is 5.95 Å². The van der Waals surface area contributed by atoms with Crippen molar-refractivity contribution in [1.29, 1.82) is 0 Å². The molecule has 2 saturated heterocycles. The van der Waals surface area contributed by atoms with Crippen molar-refractivity contribution in [2.24, 2.45) is 0 Å². The van der Waals surface area contributed by atoms with E-state index in [2.05, 4.69) is 20.4 Å². The van der Waals surface area contributed by atoms with Crippen molar-refractivity contribution in [3.05, 3.63) is 48.5 Å². The Kier molecular flexibility index (Phi) is 5.91. The van der Waals surface area contributed by atoms with Crippen LogP contribution < -0.4 is 10.8 Å². The molecule has 0 amide bonds. The van der Waals surface area contributed by atoms with E-state index in [1.807, 2.05) is 52.0 Å². The van der Waals surface area contributed by atoms with E-state index < -0.39 is 24.3 Å². The third kappa shape index (κ3) is 4.45. The van der Waals surface area contributed by atoms with Gasteiger partial charge in [-0.1, -0.05) is 12.1 Å². The number of aromatic nitrogens is 4. The third-order valence-corrected chi connectivity index (χ3v) is 6.74. The Morgan fingerprint density at radius 3 is 2.38 bits per heavy atom. The number of benzene rings is 1. The third-order valence-electron chi connectivity index (χ3n) is 6.74. The van der Waals surface area contributed by atoms with E-state index in [9.17, 15) is 4.39 Å². The van der Waals surface area contributed by atoms with Gasteiger partial charge in [-0.05, 0) is 76.7 Å². The summed E-state index contributed by atoms with van der Waals surface area (Å²) in [5.41, 5.74) is 1.63. The fourth-order valence-corrected chi connectivity index (χ4v) is 3.99. The Morgan fingerprint density at radius 2 is 1.76 bits per heavy atom. The van der Waals surface area contributed by atoms with E-state index in [1.165, 1.54) is 12.3 Å². The number of halogens is 1. The number of hydrogen-bond acceptors (Lipinski definition) is 7. The lowest BCUT2D eigenvalue weighted by molar-refractivity contribution is -0.0380. The van der Waals surface area contributed by atoms with Gasteiger partial charge < -0.3 is 19.4 Å². The van der Waals surface area contributed by atoms with Gasteiger partial charge in [0.1, 0.15) is 0 Å². The van der Waals surface area contributed by atoms with Crippen LogP contribution in [0.3, 0.4) is 0 Å². The van der Waals surface area contributed by atoms with E-state index in [1.54, 1.807) is 10.7 Å². The van der Waals surface area contributed by atoms with Crippen LogP contribution in [0.15, 0.2) is 42.6 Å². The van der Waals surface area contributed by atoms with Gasteiger partial charge in [0, 0.05) is 24.1 Å². The normalized spacial score (nSPS) is 21.6. The summed E-state index contributed by atoms with van der Waals surface area (Å²) < 4.78 is 33.3. The summed E-state index contributed by atoms with van der Waals surface area (Å²) in [5, 5.41) is 8.01. The van der Waals surface area contributed by atoms with Gasteiger partial charge in [-0.15, -0.1) is 5.10 Å². The summed E-state index contributed by atoms with van der Waals surface area (Å²) in [6.45, 7) is 8.84. The number of ether oxygens (including phenoxy) is 1. The Labute approximate surface area is 199 Å². The van der Waals surface area contributed by atoms with Crippen molar-refractivity contribution in [1.82, 2.24) is 19.7 Å². The molecule has 1 N–H and O–H groups in total. The summed E-state index contributed by atoms with van der Waals surface area (Å²) in [6.07, 6.45) is 4.15. The lowest BCUT2D eigenvalue weighted by Crippen LogP contribution is -2.41. The van der Waals surface area contributed by atoms with Crippen LogP contribution in [0.25, 0.3) is 11.4 Å². The molecule has 0 bridgehead atoms. The second kappa shape index (κ2) is 8.76. The molecule has 5 rings (SSSR count). The van der Waals surface area contributed by atoms with Gasteiger partial charge in [-0.25, -0.2) is 9.67 Å². The zero-order valence-electron chi connectivity index (χ0n) is 19.9. The summed E-state index contributed by atoms with van der Waals surface area (Å²) in [7, 11) is -0.420. The van der Waals surface area contributed by atoms with E-state index in [0.29, 0.717) is 23.9 Å². The van der Waals surface area contributed by atoms with Crippen molar-refractivity contribution in [3.8, 4) is 11.4 Å². The first-order valence-corrected chi connectivity index (χ1v) is 11.6. The molecule has 8 nitrogen and oxygen atoms in total. The van der Waals surface area contributed by atoms with Gasteiger partial charge in [-0.3, -0.25) is 0 Å². The molecule has 1 aromatic carbocycles. The SMILES string of the molecule is CC1(C)OB(c2ccc(Nc3nc(-c4ccc(F)nc4)nn3C3CCCCO3)cc2)OC1(C)C. The summed E-state index contributed by atoms with van der Waals surface area (Å²) in [5.74, 6) is 0.465. The molecule has 2 fully saturated rings. The van der Waals surface area contributed by atoms with Crippen LogP contribution in [0.1, 0.15) is 53.2 Å². The van der Waals surface area contributed by atoms with Gasteiger partial charge >= 0.3 is 7.12 Å². The van der Waals surface area contributed by atoms with Crippen molar-refractivity contribution < 1.29 is 18.4 Å². The molecule has 1 unspecified atom stereocenters. The zero-order valence-corrected chi connectivity index (χ0v) is 19.9. The number of anilines is 2. The molecule has 0 spiro atoms. The van der Waals surface area contributed by atoms with Crippen LogP contribution in [-0.2, 0) is 14.0 Å². The fraction of sp³-hybridized carbons (Fsp3) is 0.458. The van der Waals surface area contributed by atoms with Crippen molar-refractivity contribution >= 4 is 24.2 Å². The van der Waals surface area contributed by atoms with Crippen LogP contribution in [0.2, 0.25) is 0 Å². The summed E-state index contributed by atoms with van der Waals surface area (Å²) in [4.78, 5) is 8.39. The van der Waals surface area contributed by atoms with Crippen LogP contribution in [0.4, 0.5) is 16.0 Å². The number of hydrogen-bond donors (Lipinski definition) is 1.